The third kappa shape index (κ3) is 10.9. The number of terminal acetylenes is 1. The summed E-state index contributed by atoms with van der Waals surface area (Å²) in [6.45, 7) is 6.26. The standard InChI is InChI=1S/C18H35FO3Si/c1-5-8-14-23(15-9-6-2,16-10-12-21-17-19)22-13-11-18(4,20)7-3/h3,20H,5-6,8-17H2,1-2,4H3. The van der Waals surface area contributed by atoms with Gasteiger partial charge in [0.15, 0.2) is 15.2 Å². The molecule has 1 unspecified atom stereocenters. The molecule has 0 heterocycles. The molecule has 5 heteroatoms. The lowest BCUT2D eigenvalue weighted by molar-refractivity contribution is 0.0573. The molecule has 0 fully saturated rings. The normalized spacial score (nSPS) is 14.4. The summed E-state index contributed by atoms with van der Waals surface area (Å²) < 4.78 is 23.3. The van der Waals surface area contributed by atoms with Gasteiger partial charge in [-0.05, 0) is 31.5 Å². The van der Waals surface area contributed by atoms with Crippen LogP contribution < -0.4 is 0 Å². The van der Waals surface area contributed by atoms with Crippen molar-refractivity contribution in [3.05, 3.63) is 0 Å². The van der Waals surface area contributed by atoms with Crippen molar-refractivity contribution >= 4 is 8.32 Å². The minimum atomic E-state index is -1.88. The SMILES string of the molecule is C#CC(C)(O)CCO[Si](CCCC)(CCCC)CCCOCF. The first-order valence-corrected chi connectivity index (χ1v) is 11.5. The summed E-state index contributed by atoms with van der Waals surface area (Å²) in [6, 6.07) is 3.24. The van der Waals surface area contributed by atoms with Crippen molar-refractivity contribution in [2.45, 2.75) is 83.0 Å². The van der Waals surface area contributed by atoms with Crippen molar-refractivity contribution in [3.63, 3.8) is 0 Å². The number of alkyl halides is 1. The van der Waals surface area contributed by atoms with E-state index < -0.39 is 20.8 Å². The van der Waals surface area contributed by atoms with Gasteiger partial charge in [-0.25, -0.2) is 4.39 Å². The van der Waals surface area contributed by atoms with Crippen molar-refractivity contribution in [3.8, 4) is 12.3 Å². The van der Waals surface area contributed by atoms with Crippen LogP contribution in [-0.4, -0.2) is 39.1 Å². The summed E-state index contributed by atoms with van der Waals surface area (Å²) in [5, 5.41) is 9.96. The summed E-state index contributed by atoms with van der Waals surface area (Å²) in [5.74, 6) is 2.40. The molecule has 0 bridgehead atoms. The van der Waals surface area contributed by atoms with Gasteiger partial charge in [0.1, 0.15) is 5.60 Å². The second kappa shape index (κ2) is 12.9. The smallest absolute Gasteiger partial charge is 0.192 e. The van der Waals surface area contributed by atoms with Crippen molar-refractivity contribution < 1.29 is 18.7 Å². The van der Waals surface area contributed by atoms with Crippen molar-refractivity contribution in [2.75, 3.05) is 20.1 Å². The van der Waals surface area contributed by atoms with Crippen LogP contribution in [0.3, 0.4) is 0 Å². The molecule has 136 valence electrons. The topological polar surface area (TPSA) is 38.7 Å². The number of aliphatic hydroxyl groups is 1. The van der Waals surface area contributed by atoms with Crippen molar-refractivity contribution in [1.82, 2.24) is 0 Å². The van der Waals surface area contributed by atoms with Crippen molar-refractivity contribution in [1.29, 1.82) is 0 Å². The highest BCUT2D eigenvalue weighted by atomic mass is 28.4. The molecule has 0 aliphatic heterocycles. The highest BCUT2D eigenvalue weighted by Crippen LogP contribution is 2.29. The molecule has 0 aromatic heterocycles. The highest BCUT2D eigenvalue weighted by Gasteiger charge is 2.33. The molecule has 1 N–H and O–H groups in total. The third-order valence-electron chi connectivity index (χ3n) is 4.28. The van der Waals surface area contributed by atoms with Crippen LogP contribution in [-0.2, 0) is 9.16 Å². The Labute approximate surface area is 143 Å². The van der Waals surface area contributed by atoms with Gasteiger partial charge in [-0.1, -0.05) is 45.5 Å². The molecule has 0 saturated heterocycles. The summed E-state index contributed by atoms with van der Waals surface area (Å²) in [6.07, 6.45) is 11.2. The average molecular weight is 347 g/mol. The number of ether oxygens (including phenoxy) is 1. The minimum Gasteiger partial charge on any atom is -0.417 e. The van der Waals surface area contributed by atoms with Crippen LogP contribution in [0, 0.1) is 12.3 Å². The van der Waals surface area contributed by atoms with E-state index in [0.29, 0.717) is 19.6 Å². The van der Waals surface area contributed by atoms with E-state index in [9.17, 15) is 9.50 Å². The second-order valence-electron chi connectivity index (χ2n) is 6.53. The Morgan fingerprint density at radius 2 is 1.65 bits per heavy atom. The summed E-state index contributed by atoms with van der Waals surface area (Å²) in [7, 11) is -1.88. The first kappa shape index (κ1) is 22.6. The Balaban J connectivity index is 4.70. The number of hydrogen-bond acceptors (Lipinski definition) is 3. The lowest BCUT2D eigenvalue weighted by atomic mass is 10.1. The van der Waals surface area contributed by atoms with E-state index in [1.807, 2.05) is 0 Å². The molecule has 23 heavy (non-hydrogen) atoms. The largest absolute Gasteiger partial charge is 0.417 e. The molecule has 0 amide bonds. The molecule has 0 aromatic rings. The van der Waals surface area contributed by atoms with Gasteiger partial charge in [0.25, 0.3) is 0 Å². The van der Waals surface area contributed by atoms with E-state index in [1.165, 1.54) is 0 Å². The third-order valence-corrected chi connectivity index (χ3v) is 8.89. The molecule has 0 aliphatic carbocycles. The molecule has 0 radical (unpaired) electrons. The maximum absolute atomic E-state index is 12.1. The lowest BCUT2D eigenvalue weighted by Gasteiger charge is -2.33. The zero-order chi connectivity index (χ0) is 17.6. The van der Waals surface area contributed by atoms with Crippen LogP contribution in [0.1, 0.15) is 59.3 Å². The first-order chi connectivity index (χ1) is 10.9. The zero-order valence-corrected chi connectivity index (χ0v) is 16.2. The summed E-state index contributed by atoms with van der Waals surface area (Å²) in [4.78, 5) is 0. The first-order valence-electron chi connectivity index (χ1n) is 8.93. The molecule has 0 aliphatic rings. The van der Waals surface area contributed by atoms with Crippen LogP contribution in [0.15, 0.2) is 0 Å². The maximum atomic E-state index is 12.1. The van der Waals surface area contributed by atoms with Gasteiger partial charge >= 0.3 is 0 Å². The van der Waals surface area contributed by atoms with Gasteiger partial charge in [-0.3, -0.25) is 0 Å². The van der Waals surface area contributed by atoms with E-state index in [0.717, 1.165) is 50.2 Å². The molecule has 0 spiro atoms. The molecular formula is C18H35FO3Si. The molecule has 0 aromatic carbocycles. The fraction of sp³-hybridized carbons (Fsp3) is 0.889. The van der Waals surface area contributed by atoms with Gasteiger partial charge in [-0.2, -0.15) is 0 Å². The Bertz CT molecular complexity index is 321. The van der Waals surface area contributed by atoms with Crippen LogP contribution in [0.2, 0.25) is 18.1 Å². The Morgan fingerprint density at radius 1 is 1.09 bits per heavy atom. The lowest BCUT2D eigenvalue weighted by Crippen LogP contribution is -2.40. The molecule has 1 atom stereocenters. The molecule has 0 rings (SSSR count). The maximum Gasteiger partial charge on any atom is 0.192 e. The van der Waals surface area contributed by atoms with E-state index in [2.05, 4.69) is 19.8 Å². The van der Waals surface area contributed by atoms with Gasteiger partial charge < -0.3 is 14.3 Å². The number of rotatable bonds is 15. The Kier molecular flexibility index (Phi) is 12.7. The summed E-state index contributed by atoms with van der Waals surface area (Å²) >= 11 is 0. The highest BCUT2D eigenvalue weighted by molar-refractivity contribution is 6.73. The monoisotopic (exact) mass is 346 g/mol. The Morgan fingerprint density at radius 3 is 2.13 bits per heavy atom. The number of unbranched alkanes of at least 4 members (excludes halogenated alkanes) is 2. The van der Waals surface area contributed by atoms with E-state index in [-0.39, 0.29) is 0 Å². The van der Waals surface area contributed by atoms with Crippen LogP contribution >= 0.6 is 0 Å². The fourth-order valence-electron chi connectivity index (χ4n) is 2.68. The predicted octanol–water partition coefficient (Wildman–Crippen LogP) is 4.66. The number of hydrogen-bond donors (Lipinski definition) is 1. The van der Waals surface area contributed by atoms with Gasteiger partial charge in [0.05, 0.1) is 0 Å². The average Bonchev–Trinajstić information content (AvgIpc) is 2.54. The molecule has 0 saturated carbocycles. The van der Waals surface area contributed by atoms with Gasteiger partial charge in [0.2, 0.25) is 0 Å². The van der Waals surface area contributed by atoms with E-state index in [1.54, 1.807) is 6.92 Å². The van der Waals surface area contributed by atoms with Gasteiger partial charge in [-0.15, -0.1) is 6.42 Å². The number of halogens is 1. The quantitative estimate of drug-likeness (QED) is 0.266. The fourth-order valence-corrected chi connectivity index (χ4v) is 7.18. The van der Waals surface area contributed by atoms with Gasteiger partial charge in [0, 0.05) is 19.6 Å². The van der Waals surface area contributed by atoms with Crippen LogP contribution in [0.25, 0.3) is 0 Å². The second-order valence-corrected chi connectivity index (χ2v) is 10.7. The van der Waals surface area contributed by atoms with Crippen molar-refractivity contribution in [2.24, 2.45) is 0 Å². The van der Waals surface area contributed by atoms with E-state index in [4.69, 9.17) is 15.6 Å². The predicted molar refractivity (Wildman–Crippen MR) is 96.6 cm³/mol. The molecule has 3 nitrogen and oxygen atoms in total. The van der Waals surface area contributed by atoms with E-state index >= 15 is 0 Å². The zero-order valence-electron chi connectivity index (χ0n) is 15.2. The Hall–Kier alpha value is -0.413. The van der Waals surface area contributed by atoms with Crippen LogP contribution in [0.5, 0.6) is 0 Å². The molecular weight excluding hydrogens is 311 g/mol. The summed E-state index contributed by atoms with van der Waals surface area (Å²) in [5.41, 5.74) is -1.10. The minimum absolute atomic E-state index is 0.453. The van der Waals surface area contributed by atoms with Crippen LogP contribution in [0.4, 0.5) is 4.39 Å².